The molecule has 3 N–H and O–H groups in total. The van der Waals surface area contributed by atoms with Gasteiger partial charge in [0.25, 0.3) is 0 Å². The quantitative estimate of drug-likeness (QED) is 0.753. The Kier molecular flexibility index (Phi) is 4.35. The van der Waals surface area contributed by atoms with Crippen molar-refractivity contribution in [2.75, 3.05) is 25.1 Å². The fourth-order valence-electron chi connectivity index (χ4n) is 5.18. The average Bonchev–Trinajstić information content (AvgIpc) is 3.61. The fraction of sp³-hybridized carbons (Fsp3) is 0.545. The lowest BCUT2D eigenvalue weighted by atomic mass is 9.86. The van der Waals surface area contributed by atoms with Gasteiger partial charge >= 0.3 is 5.97 Å². The van der Waals surface area contributed by atoms with E-state index in [9.17, 15) is 19.1 Å². The lowest BCUT2D eigenvalue weighted by molar-refractivity contribution is 0.0694. The highest BCUT2D eigenvalue weighted by molar-refractivity contribution is 5.97. The largest absolute Gasteiger partial charge is 0.492 e. The molecule has 2 aliphatic carbocycles. The Balaban J connectivity index is 1.74. The monoisotopic (exact) mass is 433 g/mol. The van der Waals surface area contributed by atoms with Crippen LogP contribution in [0.4, 0.5) is 14.5 Å². The number of nitrogens with two attached hydrogens (primary N) is 1. The average molecular weight is 433 g/mol. The normalized spacial score (nSPS) is 30.1. The molecule has 3 fully saturated rings. The highest BCUT2D eigenvalue weighted by atomic mass is 19.1. The Morgan fingerprint density at radius 1 is 1.39 bits per heavy atom. The summed E-state index contributed by atoms with van der Waals surface area (Å²) >= 11 is 0. The van der Waals surface area contributed by atoms with Gasteiger partial charge in [0.1, 0.15) is 17.4 Å². The van der Waals surface area contributed by atoms with Crippen molar-refractivity contribution >= 4 is 22.6 Å². The number of benzene rings is 1. The van der Waals surface area contributed by atoms with E-state index in [0.717, 1.165) is 25.1 Å². The number of hydrogen-bond donors (Lipinski definition) is 2. The number of nitrogens with zero attached hydrogens (tertiary/aromatic N) is 2. The number of pyridine rings is 1. The molecular formula is C22H25F2N3O4. The van der Waals surface area contributed by atoms with Crippen LogP contribution in [0.3, 0.4) is 0 Å². The van der Waals surface area contributed by atoms with Crippen molar-refractivity contribution in [1.29, 1.82) is 0 Å². The first kappa shape index (κ1) is 20.2. The third-order valence-corrected chi connectivity index (χ3v) is 6.97. The number of fused-ring (bicyclic) bond motifs is 1. The summed E-state index contributed by atoms with van der Waals surface area (Å²) in [6.07, 6.45) is 2.40. The van der Waals surface area contributed by atoms with Gasteiger partial charge < -0.3 is 25.0 Å². The highest BCUT2D eigenvalue weighted by Gasteiger charge is 2.49. The molecule has 0 amide bonds. The molecule has 7 nitrogen and oxygen atoms in total. The molecule has 3 unspecified atom stereocenters. The van der Waals surface area contributed by atoms with Gasteiger partial charge in [0.05, 0.1) is 24.1 Å². The van der Waals surface area contributed by atoms with Crippen LogP contribution in [-0.4, -0.2) is 47.6 Å². The Bertz CT molecular complexity index is 1160. The Morgan fingerprint density at radius 3 is 2.61 bits per heavy atom. The van der Waals surface area contributed by atoms with Gasteiger partial charge in [-0.1, -0.05) is 0 Å². The standard InChI is InChI=1S/C22H25F2N3O4/c1-22(25)9-26(8-13(22)10-3-4-10)18-15(24)5-11-17(20(18)31-2)27(16-6-14(16)23)7-12(19(11)28)21(29)30/h5,7,10,13-14,16H,3-4,6,8-9,25H2,1-2H3,(H,29,30)/t13?,14-,16?,22?/m0/s1. The predicted molar refractivity (Wildman–Crippen MR) is 111 cm³/mol. The van der Waals surface area contributed by atoms with Gasteiger partial charge in [-0.2, -0.15) is 0 Å². The molecule has 5 rings (SSSR count). The second kappa shape index (κ2) is 6.66. The van der Waals surface area contributed by atoms with Crippen LogP contribution in [0.15, 0.2) is 17.1 Å². The van der Waals surface area contributed by atoms with Crippen LogP contribution in [0.1, 0.15) is 42.6 Å². The van der Waals surface area contributed by atoms with E-state index in [1.807, 2.05) is 11.8 Å². The van der Waals surface area contributed by atoms with Gasteiger partial charge in [-0.15, -0.1) is 0 Å². The molecule has 2 aromatic rings. The number of aromatic nitrogens is 1. The smallest absolute Gasteiger partial charge is 0.341 e. The maximum Gasteiger partial charge on any atom is 0.341 e. The zero-order valence-corrected chi connectivity index (χ0v) is 17.4. The minimum Gasteiger partial charge on any atom is -0.492 e. The van der Waals surface area contributed by atoms with Gasteiger partial charge in [-0.05, 0) is 37.7 Å². The SMILES string of the molecule is COc1c(N2CC(C3CC3)C(C)(N)C2)c(F)cc2c(=O)c(C(=O)O)cn(C3C[C@@H]3F)c12. The van der Waals surface area contributed by atoms with Crippen LogP contribution in [0.2, 0.25) is 0 Å². The van der Waals surface area contributed by atoms with Gasteiger partial charge in [0.2, 0.25) is 5.43 Å². The molecule has 3 aliphatic rings. The number of carboxylic acid groups (broad SMARTS) is 1. The zero-order valence-electron chi connectivity index (χ0n) is 17.4. The zero-order chi connectivity index (χ0) is 22.2. The van der Waals surface area contributed by atoms with E-state index in [2.05, 4.69) is 0 Å². The Hall–Kier alpha value is -2.68. The second-order valence-electron chi connectivity index (χ2n) is 9.37. The highest BCUT2D eigenvalue weighted by Crippen LogP contribution is 2.49. The second-order valence-corrected chi connectivity index (χ2v) is 9.37. The molecule has 31 heavy (non-hydrogen) atoms. The third kappa shape index (κ3) is 3.09. The molecular weight excluding hydrogens is 408 g/mol. The number of ether oxygens (including phenoxy) is 1. The molecule has 0 bridgehead atoms. The van der Waals surface area contributed by atoms with E-state index in [-0.39, 0.29) is 34.7 Å². The predicted octanol–water partition coefficient (Wildman–Crippen LogP) is 2.69. The van der Waals surface area contributed by atoms with Crippen LogP contribution in [0, 0.1) is 17.7 Å². The van der Waals surface area contributed by atoms with Crippen molar-refractivity contribution in [3.63, 3.8) is 0 Å². The summed E-state index contributed by atoms with van der Waals surface area (Å²) in [4.78, 5) is 26.2. The maximum atomic E-state index is 15.4. The van der Waals surface area contributed by atoms with Gasteiger partial charge in [0.15, 0.2) is 11.6 Å². The molecule has 166 valence electrons. The molecule has 2 heterocycles. The Labute approximate surface area is 177 Å². The van der Waals surface area contributed by atoms with E-state index in [1.165, 1.54) is 11.7 Å². The van der Waals surface area contributed by atoms with Crippen LogP contribution < -0.4 is 20.8 Å². The van der Waals surface area contributed by atoms with Gasteiger partial charge in [-0.25, -0.2) is 13.6 Å². The number of methoxy groups -OCH3 is 1. The summed E-state index contributed by atoms with van der Waals surface area (Å²) < 4.78 is 36.4. The summed E-state index contributed by atoms with van der Waals surface area (Å²) in [5, 5.41) is 9.30. The van der Waals surface area contributed by atoms with E-state index in [1.54, 1.807) is 0 Å². The molecule has 1 aromatic heterocycles. The van der Waals surface area contributed by atoms with E-state index in [4.69, 9.17) is 10.5 Å². The number of hydrogen-bond acceptors (Lipinski definition) is 5. The van der Waals surface area contributed by atoms with Crippen molar-refractivity contribution in [3.05, 3.63) is 33.9 Å². The minimum absolute atomic E-state index is 0.107. The van der Waals surface area contributed by atoms with Crippen molar-refractivity contribution in [2.45, 2.75) is 43.9 Å². The number of carbonyl (C=O) groups is 1. The summed E-state index contributed by atoms with van der Waals surface area (Å²) in [5.41, 5.74) is 5.11. The summed E-state index contributed by atoms with van der Waals surface area (Å²) in [5.74, 6) is -1.29. The Morgan fingerprint density at radius 2 is 2.06 bits per heavy atom. The summed E-state index contributed by atoms with van der Waals surface area (Å²) in [6.45, 7) is 2.94. The number of rotatable bonds is 5. The number of halogens is 2. The minimum atomic E-state index is -1.44. The molecule has 2 saturated carbocycles. The van der Waals surface area contributed by atoms with Crippen molar-refractivity contribution in [1.82, 2.24) is 4.57 Å². The van der Waals surface area contributed by atoms with Gasteiger partial charge in [-0.3, -0.25) is 4.79 Å². The topological polar surface area (TPSA) is 97.8 Å². The third-order valence-electron chi connectivity index (χ3n) is 6.97. The van der Waals surface area contributed by atoms with Crippen molar-refractivity contribution in [2.24, 2.45) is 17.6 Å². The number of anilines is 1. The molecule has 1 aromatic carbocycles. The first-order valence-corrected chi connectivity index (χ1v) is 10.5. The molecule has 9 heteroatoms. The fourth-order valence-corrected chi connectivity index (χ4v) is 5.18. The maximum absolute atomic E-state index is 15.4. The molecule has 0 radical (unpaired) electrons. The summed E-state index contributed by atoms with van der Waals surface area (Å²) in [7, 11) is 1.37. The van der Waals surface area contributed by atoms with Crippen LogP contribution in [-0.2, 0) is 0 Å². The number of carboxylic acids is 1. The molecule has 1 saturated heterocycles. The van der Waals surface area contributed by atoms with E-state index < -0.39 is 40.5 Å². The van der Waals surface area contributed by atoms with Crippen LogP contribution in [0.25, 0.3) is 10.9 Å². The molecule has 4 atom stereocenters. The van der Waals surface area contributed by atoms with Gasteiger partial charge in [0, 0.05) is 31.2 Å². The van der Waals surface area contributed by atoms with Crippen molar-refractivity contribution < 1.29 is 23.4 Å². The lowest BCUT2D eigenvalue weighted by Crippen LogP contribution is -2.45. The molecule has 1 aliphatic heterocycles. The lowest BCUT2D eigenvalue weighted by Gasteiger charge is -2.26. The van der Waals surface area contributed by atoms with Crippen LogP contribution in [0.5, 0.6) is 5.75 Å². The van der Waals surface area contributed by atoms with Crippen LogP contribution >= 0.6 is 0 Å². The number of alkyl halides is 1. The van der Waals surface area contributed by atoms with E-state index in [0.29, 0.717) is 19.0 Å². The first-order valence-electron chi connectivity index (χ1n) is 10.5. The number of aromatic carboxylic acids is 1. The summed E-state index contributed by atoms with van der Waals surface area (Å²) in [6, 6.07) is 0.429. The molecule has 0 spiro atoms. The van der Waals surface area contributed by atoms with E-state index >= 15 is 4.39 Å². The van der Waals surface area contributed by atoms with Crippen molar-refractivity contribution in [3.8, 4) is 5.75 Å². The first-order chi connectivity index (χ1) is 14.6.